The van der Waals surface area contributed by atoms with Gasteiger partial charge in [-0.3, -0.25) is 9.59 Å². The summed E-state index contributed by atoms with van der Waals surface area (Å²) in [6.07, 6.45) is 63.6. The van der Waals surface area contributed by atoms with E-state index in [1.807, 2.05) is 0 Å². The first-order valence-corrected chi connectivity index (χ1v) is 28.7. The van der Waals surface area contributed by atoms with Crippen molar-refractivity contribution in [2.24, 2.45) is 0 Å². The fourth-order valence-electron chi connectivity index (χ4n) is 8.96. The highest BCUT2D eigenvalue weighted by molar-refractivity contribution is 5.77. The molecule has 65 heavy (non-hydrogen) atoms. The Bertz CT molecular complexity index is 1070. The van der Waals surface area contributed by atoms with Gasteiger partial charge in [0.15, 0.2) is 0 Å². The van der Waals surface area contributed by atoms with Crippen molar-refractivity contribution in [1.82, 2.24) is 5.32 Å². The number of allylic oxidation sites excluding steroid dienone is 6. The lowest BCUT2D eigenvalue weighted by Gasteiger charge is -2.24. The van der Waals surface area contributed by atoms with E-state index < -0.39 is 18.2 Å². The predicted octanol–water partition coefficient (Wildman–Crippen LogP) is 17.6. The third-order valence-corrected chi connectivity index (χ3v) is 13.3. The number of ether oxygens (including phenoxy) is 1. The molecule has 0 saturated carbocycles. The Morgan fingerprint density at radius 1 is 0.462 bits per heavy atom. The van der Waals surface area contributed by atoms with Gasteiger partial charge >= 0.3 is 5.97 Å². The van der Waals surface area contributed by atoms with Crippen molar-refractivity contribution in [3.63, 3.8) is 0 Å². The van der Waals surface area contributed by atoms with Crippen molar-refractivity contribution in [3.05, 3.63) is 36.5 Å². The molecule has 0 aliphatic carbocycles. The predicted molar refractivity (Wildman–Crippen MR) is 282 cm³/mol. The number of esters is 1. The molecular formula is C59H111NO5. The van der Waals surface area contributed by atoms with Gasteiger partial charge in [0.05, 0.1) is 25.2 Å². The molecule has 382 valence electrons. The van der Waals surface area contributed by atoms with Crippen LogP contribution in [0.1, 0.15) is 303 Å². The molecule has 0 aromatic carbocycles. The highest BCUT2D eigenvalue weighted by atomic mass is 16.5. The van der Waals surface area contributed by atoms with E-state index in [4.69, 9.17) is 4.74 Å². The van der Waals surface area contributed by atoms with Crippen LogP contribution < -0.4 is 5.32 Å². The zero-order valence-electron chi connectivity index (χ0n) is 43.6. The van der Waals surface area contributed by atoms with E-state index in [1.54, 1.807) is 0 Å². The first-order chi connectivity index (χ1) is 32.0. The molecule has 0 spiro atoms. The van der Waals surface area contributed by atoms with Gasteiger partial charge in [-0.1, -0.05) is 282 Å². The molecule has 0 aliphatic heterocycles. The van der Waals surface area contributed by atoms with E-state index in [0.717, 1.165) is 77.0 Å². The van der Waals surface area contributed by atoms with Crippen LogP contribution in [0.5, 0.6) is 0 Å². The zero-order valence-corrected chi connectivity index (χ0v) is 43.6. The van der Waals surface area contributed by atoms with Crippen LogP contribution in [0.2, 0.25) is 0 Å². The van der Waals surface area contributed by atoms with Crippen molar-refractivity contribution >= 4 is 11.9 Å². The van der Waals surface area contributed by atoms with Gasteiger partial charge in [0.1, 0.15) is 6.10 Å². The molecule has 6 nitrogen and oxygen atoms in total. The van der Waals surface area contributed by atoms with Crippen molar-refractivity contribution < 1.29 is 24.5 Å². The van der Waals surface area contributed by atoms with E-state index in [2.05, 4.69) is 62.5 Å². The first-order valence-electron chi connectivity index (χ1n) is 28.7. The molecule has 0 rings (SSSR count). The number of aliphatic hydroxyl groups is 2. The number of unbranched alkanes of at least 4 members (excludes halogenated alkanes) is 36. The van der Waals surface area contributed by atoms with Gasteiger partial charge in [-0.15, -0.1) is 0 Å². The maximum atomic E-state index is 13.3. The number of hydrogen-bond acceptors (Lipinski definition) is 5. The summed E-state index contributed by atoms with van der Waals surface area (Å²) in [5, 5.41) is 23.9. The fourth-order valence-corrected chi connectivity index (χ4v) is 8.96. The molecule has 1 amide bonds. The lowest BCUT2D eigenvalue weighted by molar-refractivity contribution is -0.151. The molecular weight excluding hydrogens is 803 g/mol. The Morgan fingerprint density at radius 3 is 1.25 bits per heavy atom. The minimum Gasteiger partial charge on any atom is -0.462 e. The molecule has 6 heteroatoms. The van der Waals surface area contributed by atoms with Crippen LogP contribution >= 0.6 is 0 Å². The number of nitrogens with one attached hydrogen (secondary N) is 1. The van der Waals surface area contributed by atoms with E-state index >= 15 is 0 Å². The summed E-state index contributed by atoms with van der Waals surface area (Å²) in [4.78, 5) is 26.2. The Morgan fingerprint density at radius 2 is 0.831 bits per heavy atom. The lowest BCUT2D eigenvalue weighted by Crippen LogP contribution is -2.46. The second-order valence-corrected chi connectivity index (χ2v) is 19.7. The molecule has 0 aromatic heterocycles. The summed E-state index contributed by atoms with van der Waals surface area (Å²) in [7, 11) is 0. The van der Waals surface area contributed by atoms with Gasteiger partial charge in [-0.2, -0.15) is 0 Å². The van der Waals surface area contributed by atoms with Crippen LogP contribution in [0.4, 0.5) is 0 Å². The molecule has 0 fully saturated rings. The van der Waals surface area contributed by atoms with Crippen LogP contribution in [0.15, 0.2) is 36.5 Å². The van der Waals surface area contributed by atoms with Gasteiger partial charge in [-0.25, -0.2) is 0 Å². The number of hydrogen-bond donors (Lipinski definition) is 3. The molecule has 0 aromatic rings. The summed E-state index contributed by atoms with van der Waals surface area (Å²) in [5.41, 5.74) is 0. The van der Waals surface area contributed by atoms with Gasteiger partial charge < -0.3 is 20.3 Å². The number of amides is 1. The van der Waals surface area contributed by atoms with Crippen LogP contribution in [0, 0.1) is 0 Å². The topological polar surface area (TPSA) is 95.9 Å². The Labute approximate surface area is 404 Å². The molecule has 0 bridgehead atoms. The normalized spacial score (nSPS) is 13.4. The fraction of sp³-hybridized carbons (Fsp3) is 0.864. The zero-order chi connectivity index (χ0) is 47.4. The Hall–Kier alpha value is -1.92. The number of aliphatic hydroxyl groups excluding tert-OH is 2. The van der Waals surface area contributed by atoms with Crippen LogP contribution in [0.3, 0.4) is 0 Å². The number of carbonyl (C=O) groups excluding carboxylic acids is 2. The minimum atomic E-state index is -0.792. The largest absolute Gasteiger partial charge is 0.462 e. The summed E-state index contributed by atoms with van der Waals surface area (Å²) in [6.45, 7) is 6.39. The highest BCUT2D eigenvalue weighted by Crippen LogP contribution is 2.19. The Balaban J connectivity index is 4.49. The third kappa shape index (κ3) is 48.3. The molecule has 0 aliphatic rings. The summed E-state index contributed by atoms with van der Waals surface area (Å²) in [5.74, 6) is -0.478. The van der Waals surface area contributed by atoms with Crippen molar-refractivity contribution in [2.75, 3.05) is 6.61 Å². The second-order valence-electron chi connectivity index (χ2n) is 19.7. The van der Waals surface area contributed by atoms with Crippen molar-refractivity contribution in [2.45, 2.75) is 322 Å². The van der Waals surface area contributed by atoms with Gasteiger partial charge in [0.25, 0.3) is 0 Å². The number of carbonyl (C=O) groups is 2. The standard InChI is InChI=1S/C59H111NO5/c1-4-7-10-13-16-19-22-25-27-29-31-34-37-40-43-46-49-52-59(64)65-55(50-47-44-41-38-35-32-24-21-18-15-12-9-6-3)53-58(63)60-56(54-61)57(62)51-48-45-42-39-36-33-30-28-26-23-20-17-14-11-8-5-2/h9,12,15,18,21,24,55-57,61-62H,4-8,10-11,13-14,16-17,19-20,22-23,25-54H2,1-3H3,(H,60,63)/b12-9+,18-15+,24-21+. The summed E-state index contributed by atoms with van der Waals surface area (Å²) in [6, 6.07) is -0.706. The quantitative estimate of drug-likeness (QED) is 0.0321. The SMILES string of the molecule is CC/C=C/C=C/C=C/CCCCCCCC(CC(=O)NC(CO)C(O)CCCCCCCCCCCCCCCCCC)OC(=O)CCCCCCCCCCCCCCCCCCC. The van der Waals surface area contributed by atoms with Crippen LogP contribution in [-0.4, -0.2) is 46.9 Å². The molecule has 0 radical (unpaired) electrons. The molecule has 3 atom stereocenters. The first kappa shape index (κ1) is 63.1. The van der Waals surface area contributed by atoms with E-state index in [-0.39, 0.29) is 24.9 Å². The minimum absolute atomic E-state index is 0.0683. The smallest absolute Gasteiger partial charge is 0.306 e. The maximum absolute atomic E-state index is 13.3. The van der Waals surface area contributed by atoms with Crippen molar-refractivity contribution in [3.8, 4) is 0 Å². The molecule has 0 saturated heterocycles. The van der Waals surface area contributed by atoms with Crippen LogP contribution in [-0.2, 0) is 14.3 Å². The summed E-state index contributed by atoms with van der Waals surface area (Å²) >= 11 is 0. The number of rotatable bonds is 52. The highest BCUT2D eigenvalue weighted by Gasteiger charge is 2.24. The summed E-state index contributed by atoms with van der Waals surface area (Å²) < 4.78 is 5.95. The maximum Gasteiger partial charge on any atom is 0.306 e. The van der Waals surface area contributed by atoms with Gasteiger partial charge in [0, 0.05) is 6.42 Å². The van der Waals surface area contributed by atoms with E-state index in [1.165, 1.54) is 180 Å². The molecule has 3 unspecified atom stereocenters. The van der Waals surface area contributed by atoms with E-state index in [9.17, 15) is 19.8 Å². The Kier molecular flexibility index (Phi) is 51.5. The second kappa shape index (κ2) is 53.0. The van der Waals surface area contributed by atoms with Crippen LogP contribution in [0.25, 0.3) is 0 Å². The average molecular weight is 915 g/mol. The molecule has 0 heterocycles. The van der Waals surface area contributed by atoms with Gasteiger partial charge in [0.2, 0.25) is 5.91 Å². The monoisotopic (exact) mass is 914 g/mol. The average Bonchev–Trinajstić information content (AvgIpc) is 3.30. The van der Waals surface area contributed by atoms with Gasteiger partial charge in [-0.05, 0) is 44.9 Å². The third-order valence-electron chi connectivity index (χ3n) is 13.3. The van der Waals surface area contributed by atoms with E-state index in [0.29, 0.717) is 19.3 Å². The van der Waals surface area contributed by atoms with Crippen molar-refractivity contribution in [1.29, 1.82) is 0 Å². The lowest BCUT2D eigenvalue weighted by atomic mass is 10.0. The molecule has 3 N–H and O–H groups in total.